The molecule has 0 atom stereocenters. The third-order valence-corrected chi connectivity index (χ3v) is 3.73. The van der Waals surface area contributed by atoms with Crippen LogP contribution in [0.25, 0.3) is 22.0 Å². The Morgan fingerprint density at radius 1 is 0.826 bits per heavy atom. The Bertz CT molecular complexity index is 733. The van der Waals surface area contributed by atoms with Crippen LogP contribution in [0.1, 0.15) is 0 Å². The summed E-state index contributed by atoms with van der Waals surface area (Å²) in [5.41, 5.74) is 2.14. The molecule has 0 aliphatic heterocycles. The molecule has 0 bridgehead atoms. The summed E-state index contributed by atoms with van der Waals surface area (Å²) in [6, 6.07) is 17.8. The van der Waals surface area contributed by atoms with Gasteiger partial charge in [-0.05, 0) is 47.7 Å². The van der Waals surface area contributed by atoms with Crippen LogP contribution in [-0.4, -0.2) is 0 Å². The Hall–Kier alpha value is -1.51. The summed E-state index contributed by atoms with van der Waals surface area (Å²) >= 11 is 7.47. The summed E-state index contributed by atoms with van der Waals surface area (Å²) < 4.78 is 39.8. The van der Waals surface area contributed by atoms with E-state index < -0.39 is 10.2 Å². The number of hydrogen-bond acceptors (Lipinski definition) is 5. The molecular weight excluding hydrogens is 363 g/mol. The Labute approximate surface area is 143 Å². The summed E-state index contributed by atoms with van der Waals surface area (Å²) in [6.45, 7) is 0. The smallest absolute Gasteiger partial charge is 0.222 e. The van der Waals surface area contributed by atoms with Gasteiger partial charge in [0.15, 0.2) is 0 Å². The molecular formula is C15H10Cl2O5S. The van der Waals surface area contributed by atoms with Crippen LogP contribution in [0.3, 0.4) is 0 Å². The van der Waals surface area contributed by atoms with E-state index in [-0.39, 0.29) is 0 Å². The minimum Gasteiger partial charge on any atom is -0.222 e. The van der Waals surface area contributed by atoms with Crippen LogP contribution in [0, 0.1) is 10.2 Å². The summed E-state index contributed by atoms with van der Waals surface area (Å²) in [4.78, 5) is 0. The summed E-state index contributed by atoms with van der Waals surface area (Å²) in [6.07, 6.45) is 0. The third kappa shape index (κ3) is 6.25. The molecule has 0 fully saturated rings. The van der Waals surface area contributed by atoms with E-state index in [1.165, 1.54) is 0 Å². The molecule has 8 heteroatoms. The maximum atomic E-state index is 8.49. The van der Waals surface area contributed by atoms with Gasteiger partial charge in [-0.15, -0.1) is 10.2 Å². The Balaban J connectivity index is 0.000000338. The highest BCUT2D eigenvalue weighted by atomic mass is 35.7. The number of rotatable bonds is 2. The molecule has 1 heterocycles. The first-order chi connectivity index (χ1) is 10.8. The average molecular weight is 373 g/mol. The zero-order chi connectivity index (χ0) is 16.9. The minimum atomic E-state index is -4.94. The lowest BCUT2D eigenvalue weighted by atomic mass is 10.2. The Kier molecular flexibility index (Phi) is 6.09. The summed E-state index contributed by atoms with van der Waals surface area (Å²) in [5, 5.41) is 3.66. The molecule has 0 aliphatic rings. The van der Waals surface area contributed by atoms with Crippen LogP contribution in [0.4, 0.5) is 0 Å². The molecule has 0 N–H and O–H groups in total. The highest BCUT2D eigenvalue weighted by molar-refractivity contribution is 7.13. The van der Waals surface area contributed by atoms with Gasteiger partial charge >= 0.3 is 10.8 Å². The van der Waals surface area contributed by atoms with Gasteiger partial charge in [-0.3, -0.25) is 0 Å². The van der Waals surface area contributed by atoms with Gasteiger partial charge in [0.05, 0.1) is 11.1 Å². The topological polar surface area (TPSA) is 104 Å². The van der Waals surface area contributed by atoms with E-state index in [2.05, 4.69) is 0 Å². The summed E-state index contributed by atoms with van der Waals surface area (Å²) in [7, 11) is -4.94. The van der Waals surface area contributed by atoms with Crippen LogP contribution < -0.4 is 18.6 Å². The molecule has 2 aromatic carbocycles. The number of halogens is 2. The van der Waals surface area contributed by atoms with E-state index in [0.717, 1.165) is 27.0 Å². The summed E-state index contributed by atoms with van der Waals surface area (Å²) in [5.74, 6) is 0.894. The van der Waals surface area contributed by atoms with E-state index in [0.29, 0.717) is 0 Å². The van der Waals surface area contributed by atoms with Crippen molar-refractivity contribution in [2.75, 3.05) is 0 Å². The minimum absolute atomic E-state index is 0.735. The predicted octanol–water partition coefficient (Wildman–Crippen LogP) is 0.854. The van der Waals surface area contributed by atoms with E-state index in [9.17, 15) is 0 Å². The van der Waals surface area contributed by atoms with Crippen LogP contribution in [0.5, 0.6) is 0 Å². The van der Waals surface area contributed by atoms with Crippen molar-refractivity contribution in [1.82, 2.24) is 0 Å². The van der Waals surface area contributed by atoms with Crippen molar-refractivity contribution in [3.05, 3.63) is 65.0 Å². The van der Waals surface area contributed by atoms with Crippen LogP contribution in [0.15, 0.2) is 64.4 Å². The third-order valence-electron chi connectivity index (χ3n) is 2.61. The number of benzene rings is 2. The molecule has 5 nitrogen and oxygen atoms in total. The molecule has 120 valence electrons. The predicted molar refractivity (Wildman–Crippen MR) is 76.9 cm³/mol. The van der Waals surface area contributed by atoms with Crippen molar-refractivity contribution < 1.29 is 33.3 Å². The van der Waals surface area contributed by atoms with Gasteiger partial charge in [-0.1, -0.05) is 29.8 Å². The normalized spacial score (nSPS) is 10.8. The second-order valence-electron chi connectivity index (χ2n) is 4.24. The fraction of sp³-hybridized carbons (Fsp3) is 0. The molecule has 3 aromatic rings. The van der Waals surface area contributed by atoms with Gasteiger partial charge in [-0.2, -0.15) is 4.42 Å². The quantitative estimate of drug-likeness (QED) is 0.620. The SMILES string of the molecule is Clc1ccc(-c2[o+]c(-c3ccccc3)cs2)cc1.[O-][Cl+3]([O-])([O-])[O-]. The lowest BCUT2D eigenvalue weighted by molar-refractivity contribution is -2.00. The maximum Gasteiger partial charge on any atom is 0.417 e. The highest BCUT2D eigenvalue weighted by Crippen LogP contribution is 2.32. The second kappa shape index (κ2) is 7.85. The van der Waals surface area contributed by atoms with E-state index in [1.54, 1.807) is 11.3 Å². The molecule has 0 amide bonds. The van der Waals surface area contributed by atoms with E-state index >= 15 is 0 Å². The van der Waals surface area contributed by atoms with Crippen molar-refractivity contribution in [3.63, 3.8) is 0 Å². The molecule has 0 saturated heterocycles. The first-order valence-electron chi connectivity index (χ1n) is 6.17. The lowest BCUT2D eigenvalue weighted by Crippen LogP contribution is -2.68. The van der Waals surface area contributed by atoms with Gasteiger partial charge < -0.3 is 0 Å². The van der Waals surface area contributed by atoms with Crippen LogP contribution >= 0.6 is 22.9 Å². The molecule has 23 heavy (non-hydrogen) atoms. The number of hydrogen-bond donors (Lipinski definition) is 0. The fourth-order valence-corrected chi connectivity index (χ4v) is 2.63. The molecule has 1 aromatic heterocycles. The average Bonchev–Trinajstić information content (AvgIpc) is 2.97. The lowest BCUT2D eigenvalue weighted by Gasteiger charge is -2.17. The van der Waals surface area contributed by atoms with Gasteiger partial charge in [0.2, 0.25) is 0 Å². The zero-order valence-corrected chi connectivity index (χ0v) is 13.8. The van der Waals surface area contributed by atoms with Crippen molar-refractivity contribution in [3.8, 4) is 22.0 Å². The maximum absolute atomic E-state index is 8.49. The van der Waals surface area contributed by atoms with Crippen LogP contribution in [0.2, 0.25) is 5.02 Å². The standard InChI is InChI=1S/C15H10ClOS.ClHO4/c16-13-8-6-12(7-9-13)15-17-14(10-18-15)11-4-2-1-3-5-11;2-1(3,4)5/h1-10H;(H,2,3,4,5)/q+1;/p-1. The van der Waals surface area contributed by atoms with Gasteiger partial charge in [-0.25, -0.2) is 18.6 Å². The van der Waals surface area contributed by atoms with E-state index in [1.807, 2.05) is 60.0 Å². The van der Waals surface area contributed by atoms with E-state index in [4.69, 9.17) is 34.7 Å². The van der Waals surface area contributed by atoms with Crippen LogP contribution in [-0.2, 0) is 0 Å². The van der Waals surface area contributed by atoms with Crippen molar-refractivity contribution in [2.45, 2.75) is 0 Å². The second-order valence-corrected chi connectivity index (χ2v) is 6.27. The van der Waals surface area contributed by atoms with Crippen molar-refractivity contribution in [2.24, 2.45) is 0 Å². The first kappa shape index (κ1) is 17.8. The molecule has 3 rings (SSSR count). The zero-order valence-electron chi connectivity index (χ0n) is 11.5. The van der Waals surface area contributed by atoms with Gasteiger partial charge in [0.1, 0.15) is 5.38 Å². The Morgan fingerprint density at radius 2 is 1.39 bits per heavy atom. The molecule has 0 aliphatic carbocycles. The molecule has 0 radical (unpaired) electrons. The molecule has 0 saturated carbocycles. The highest BCUT2D eigenvalue weighted by Gasteiger charge is 2.20. The molecule has 0 spiro atoms. The fourth-order valence-electron chi connectivity index (χ4n) is 1.70. The van der Waals surface area contributed by atoms with Gasteiger partial charge in [0, 0.05) is 5.02 Å². The first-order valence-corrected chi connectivity index (χ1v) is 8.67. The van der Waals surface area contributed by atoms with Crippen molar-refractivity contribution >= 4 is 22.9 Å². The monoisotopic (exact) mass is 372 g/mol. The Morgan fingerprint density at radius 3 is 1.96 bits per heavy atom. The van der Waals surface area contributed by atoms with Gasteiger partial charge in [0.25, 0.3) is 0 Å². The molecule has 0 unspecified atom stereocenters. The largest absolute Gasteiger partial charge is 0.417 e. The van der Waals surface area contributed by atoms with Crippen molar-refractivity contribution in [1.29, 1.82) is 0 Å².